The fraction of sp³-hybridized carbons (Fsp3) is 0.316. The van der Waals surface area contributed by atoms with E-state index in [1.54, 1.807) is 18.2 Å². The molecule has 27 heavy (non-hydrogen) atoms. The Kier molecular flexibility index (Phi) is 7.46. The van der Waals surface area contributed by atoms with Gasteiger partial charge in [-0.2, -0.15) is 0 Å². The maximum atomic E-state index is 13.6. The third-order valence-electron chi connectivity index (χ3n) is 3.88. The largest absolute Gasteiger partial charge is 0.348 e. The number of nitrogens with zero attached hydrogens (tertiary/aromatic N) is 1. The Morgan fingerprint density at radius 3 is 2.56 bits per heavy atom. The fourth-order valence-electron chi connectivity index (χ4n) is 2.41. The normalized spacial score (nSPS) is 11.6. The van der Waals surface area contributed by atoms with Gasteiger partial charge in [-0.3, -0.25) is 4.79 Å². The van der Waals surface area contributed by atoms with Crippen LogP contribution in [0, 0.1) is 5.82 Å². The molecular formula is C19H24FN3O3S. The molecule has 2 rings (SSSR count). The Labute approximate surface area is 159 Å². The number of halogens is 1. The zero-order chi connectivity index (χ0) is 19.9. The smallest absolute Gasteiger partial charge is 0.251 e. The molecule has 0 fully saturated rings. The minimum absolute atomic E-state index is 0.0191. The Hall–Kier alpha value is -2.29. The zero-order valence-electron chi connectivity index (χ0n) is 15.4. The molecule has 0 saturated carbocycles. The quantitative estimate of drug-likeness (QED) is 0.639. The summed E-state index contributed by atoms with van der Waals surface area (Å²) in [5.41, 5.74) is 0.555. The van der Waals surface area contributed by atoms with Gasteiger partial charge in [-0.1, -0.05) is 24.3 Å². The van der Waals surface area contributed by atoms with Crippen molar-refractivity contribution in [3.05, 3.63) is 65.5 Å². The van der Waals surface area contributed by atoms with Gasteiger partial charge in [-0.15, -0.1) is 0 Å². The fourth-order valence-corrected chi connectivity index (χ4v) is 3.53. The number of benzene rings is 2. The van der Waals surface area contributed by atoms with Gasteiger partial charge >= 0.3 is 0 Å². The molecular weight excluding hydrogens is 369 g/mol. The summed E-state index contributed by atoms with van der Waals surface area (Å²) in [5, 5.41) is 2.60. The van der Waals surface area contributed by atoms with Crippen LogP contribution in [0.4, 0.5) is 4.39 Å². The van der Waals surface area contributed by atoms with Crippen LogP contribution in [0.25, 0.3) is 0 Å². The van der Waals surface area contributed by atoms with Crippen LogP contribution in [-0.4, -0.2) is 46.4 Å². The van der Waals surface area contributed by atoms with Crippen molar-refractivity contribution >= 4 is 15.9 Å². The first-order chi connectivity index (χ1) is 12.8. The topological polar surface area (TPSA) is 78.5 Å². The third-order valence-corrected chi connectivity index (χ3v) is 5.34. The van der Waals surface area contributed by atoms with Crippen molar-refractivity contribution in [3.8, 4) is 0 Å². The molecule has 0 atom stereocenters. The van der Waals surface area contributed by atoms with E-state index < -0.39 is 21.7 Å². The molecule has 0 spiro atoms. The summed E-state index contributed by atoms with van der Waals surface area (Å²) in [6.45, 7) is 1.09. The van der Waals surface area contributed by atoms with Crippen LogP contribution in [0.2, 0.25) is 0 Å². The Morgan fingerprint density at radius 1 is 1.11 bits per heavy atom. The monoisotopic (exact) mass is 393 g/mol. The summed E-state index contributed by atoms with van der Waals surface area (Å²) in [7, 11) is 0.133. The second-order valence-electron chi connectivity index (χ2n) is 6.36. The molecule has 0 unspecified atom stereocenters. The molecule has 0 saturated heterocycles. The Bertz CT molecular complexity index is 885. The highest BCUT2D eigenvalue weighted by atomic mass is 32.2. The first-order valence-electron chi connectivity index (χ1n) is 8.55. The van der Waals surface area contributed by atoms with Gasteiger partial charge in [-0.05, 0) is 51.3 Å². The van der Waals surface area contributed by atoms with Crippen LogP contribution in [0.15, 0.2) is 53.4 Å². The van der Waals surface area contributed by atoms with Gasteiger partial charge in [-0.25, -0.2) is 17.5 Å². The molecule has 0 aliphatic rings. The molecule has 0 aromatic heterocycles. The van der Waals surface area contributed by atoms with Crippen LogP contribution >= 0.6 is 0 Å². The van der Waals surface area contributed by atoms with Crippen LogP contribution in [0.3, 0.4) is 0 Å². The summed E-state index contributed by atoms with van der Waals surface area (Å²) in [6, 6.07) is 11.9. The Balaban J connectivity index is 2.01. The summed E-state index contributed by atoms with van der Waals surface area (Å²) in [5.74, 6) is -0.876. The molecule has 0 bridgehead atoms. The molecule has 0 aliphatic heterocycles. The maximum absolute atomic E-state index is 13.6. The zero-order valence-corrected chi connectivity index (χ0v) is 16.2. The predicted molar refractivity (Wildman–Crippen MR) is 102 cm³/mol. The van der Waals surface area contributed by atoms with Crippen LogP contribution < -0.4 is 10.0 Å². The van der Waals surface area contributed by atoms with Crippen molar-refractivity contribution in [1.29, 1.82) is 0 Å². The second kappa shape index (κ2) is 9.59. The van der Waals surface area contributed by atoms with Gasteiger partial charge in [0, 0.05) is 24.2 Å². The summed E-state index contributed by atoms with van der Waals surface area (Å²) in [6.07, 6.45) is 0.676. The van der Waals surface area contributed by atoms with Crippen LogP contribution in [-0.2, 0) is 16.6 Å². The van der Waals surface area contributed by atoms with Gasteiger partial charge in [0.15, 0.2) is 0 Å². The third kappa shape index (κ3) is 6.42. The van der Waals surface area contributed by atoms with E-state index in [-0.39, 0.29) is 17.0 Å². The number of nitrogens with one attached hydrogen (secondary N) is 2. The lowest BCUT2D eigenvalue weighted by atomic mass is 10.2. The van der Waals surface area contributed by atoms with Crippen molar-refractivity contribution in [2.24, 2.45) is 0 Å². The number of hydrogen-bond acceptors (Lipinski definition) is 4. The van der Waals surface area contributed by atoms with E-state index >= 15 is 0 Å². The first kappa shape index (κ1) is 21.0. The number of carbonyl (C=O) groups excluding carboxylic acids is 1. The maximum Gasteiger partial charge on any atom is 0.251 e. The number of carbonyl (C=O) groups is 1. The van der Waals surface area contributed by atoms with E-state index in [0.29, 0.717) is 18.5 Å². The number of rotatable bonds is 9. The first-order valence-corrected chi connectivity index (χ1v) is 10.0. The molecule has 6 nitrogen and oxygen atoms in total. The van der Waals surface area contributed by atoms with E-state index in [4.69, 9.17) is 0 Å². The number of amides is 1. The van der Waals surface area contributed by atoms with E-state index in [1.165, 1.54) is 30.3 Å². The molecule has 0 aliphatic carbocycles. The van der Waals surface area contributed by atoms with Crippen molar-refractivity contribution < 1.29 is 17.6 Å². The van der Waals surface area contributed by atoms with Gasteiger partial charge in [0.2, 0.25) is 10.0 Å². The van der Waals surface area contributed by atoms with Gasteiger partial charge < -0.3 is 10.2 Å². The summed E-state index contributed by atoms with van der Waals surface area (Å²) < 4.78 is 40.9. The van der Waals surface area contributed by atoms with Crippen LogP contribution in [0.1, 0.15) is 22.3 Å². The van der Waals surface area contributed by atoms with Crippen molar-refractivity contribution in [1.82, 2.24) is 14.9 Å². The molecule has 1 amide bonds. The average Bonchev–Trinajstić information content (AvgIpc) is 2.64. The standard InChI is InChI=1S/C19H24FN3O3S/c1-23(2)12-6-11-22-27(25,26)17-9-5-8-15(13-17)19(24)21-14-16-7-3-4-10-18(16)20/h3-5,7-10,13,22H,6,11-12,14H2,1-2H3,(H,21,24). The van der Waals surface area contributed by atoms with Crippen molar-refractivity contribution in [3.63, 3.8) is 0 Å². The number of hydrogen-bond donors (Lipinski definition) is 2. The lowest BCUT2D eigenvalue weighted by Crippen LogP contribution is -2.28. The van der Waals surface area contributed by atoms with E-state index in [1.807, 2.05) is 19.0 Å². The molecule has 0 heterocycles. The predicted octanol–water partition coefficient (Wildman–Crippen LogP) is 1.99. The molecule has 146 valence electrons. The van der Waals surface area contributed by atoms with Crippen molar-refractivity contribution in [2.45, 2.75) is 17.9 Å². The van der Waals surface area contributed by atoms with E-state index in [9.17, 15) is 17.6 Å². The molecule has 8 heteroatoms. The minimum Gasteiger partial charge on any atom is -0.348 e. The molecule has 0 radical (unpaired) electrons. The van der Waals surface area contributed by atoms with E-state index in [2.05, 4.69) is 10.0 Å². The SMILES string of the molecule is CN(C)CCCNS(=O)(=O)c1cccc(C(=O)NCc2ccccc2F)c1. The lowest BCUT2D eigenvalue weighted by molar-refractivity contribution is 0.0950. The molecule has 2 aromatic rings. The average molecular weight is 393 g/mol. The number of sulfonamides is 1. The van der Waals surface area contributed by atoms with Gasteiger partial charge in [0.25, 0.3) is 5.91 Å². The highest BCUT2D eigenvalue weighted by Crippen LogP contribution is 2.12. The summed E-state index contributed by atoms with van der Waals surface area (Å²) in [4.78, 5) is 14.3. The molecule has 2 N–H and O–H groups in total. The minimum atomic E-state index is -3.70. The van der Waals surface area contributed by atoms with Crippen molar-refractivity contribution in [2.75, 3.05) is 27.2 Å². The molecule has 2 aromatic carbocycles. The van der Waals surface area contributed by atoms with Gasteiger partial charge in [0.1, 0.15) is 5.82 Å². The highest BCUT2D eigenvalue weighted by Gasteiger charge is 2.16. The van der Waals surface area contributed by atoms with E-state index in [0.717, 1.165) is 6.54 Å². The Morgan fingerprint density at radius 2 is 1.85 bits per heavy atom. The lowest BCUT2D eigenvalue weighted by Gasteiger charge is -2.11. The highest BCUT2D eigenvalue weighted by molar-refractivity contribution is 7.89. The second-order valence-corrected chi connectivity index (χ2v) is 8.12. The van der Waals surface area contributed by atoms with Gasteiger partial charge in [0.05, 0.1) is 4.90 Å². The summed E-state index contributed by atoms with van der Waals surface area (Å²) >= 11 is 0. The van der Waals surface area contributed by atoms with Crippen LogP contribution in [0.5, 0.6) is 0 Å².